The van der Waals surface area contributed by atoms with E-state index in [2.05, 4.69) is 4.74 Å². The highest BCUT2D eigenvalue weighted by molar-refractivity contribution is 8.26. The van der Waals surface area contributed by atoms with E-state index in [0.29, 0.717) is 22.6 Å². The molecular weight excluding hydrogens is 487 g/mol. The second kappa shape index (κ2) is 9.47. The molecular formula is C24H16F3NO4S2. The first-order valence-electron chi connectivity index (χ1n) is 9.86. The molecule has 10 heteroatoms. The lowest BCUT2D eigenvalue weighted by molar-refractivity contribution is -0.138. The third kappa shape index (κ3) is 4.92. The highest BCUT2D eigenvalue weighted by atomic mass is 32.2. The summed E-state index contributed by atoms with van der Waals surface area (Å²) in [6, 6.07) is 15.1. The van der Waals surface area contributed by atoms with Crippen molar-refractivity contribution in [2.24, 2.45) is 0 Å². The van der Waals surface area contributed by atoms with Crippen molar-refractivity contribution in [3.05, 3.63) is 88.0 Å². The number of rotatable bonds is 5. The normalized spacial score (nSPS) is 15.3. The van der Waals surface area contributed by atoms with Crippen LogP contribution in [0.4, 0.5) is 13.2 Å². The number of methoxy groups -OCH3 is 1. The van der Waals surface area contributed by atoms with E-state index in [9.17, 15) is 22.8 Å². The van der Waals surface area contributed by atoms with Gasteiger partial charge in [-0.25, -0.2) is 4.79 Å². The van der Waals surface area contributed by atoms with Gasteiger partial charge in [0.05, 0.1) is 29.7 Å². The highest BCUT2D eigenvalue weighted by Crippen LogP contribution is 2.37. The van der Waals surface area contributed by atoms with Gasteiger partial charge in [-0.3, -0.25) is 9.69 Å². The fourth-order valence-corrected chi connectivity index (χ4v) is 4.58. The zero-order valence-corrected chi connectivity index (χ0v) is 19.2. The predicted octanol–water partition coefficient (Wildman–Crippen LogP) is 6.15. The lowest BCUT2D eigenvalue weighted by Crippen LogP contribution is -2.28. The van der Waals surface area contributed by atoms with Crippen molar-refractivity contribution in [2.75, 3.05) is 7.11 Å². The van der Waals surface area contributed by atoms with Crippen LogP contribution in [-0.2, 0) is 22.3 Å². The van der Waals surface area contributed by atoms with Crippen molar-refractivity contribution in [3.63, 3.8) is 0 Å². The Morgan fingerprint density at radius 1 is 1.12 bits per heavy atom. The van der Waals surface area contributed by atoms with Crippen LogP contribution in [0.25, 0.3) is 17.4 Å². The quantitative estimate of drug-likeness (QED) is 0.236. The van der Waals surface area contributed by atoms with Gasteiger partial charge < -0.3 is 9.15 Å². The number of thiocarbonyl (C=S) groups is 1. The largest absolute Gasteiger partial charge is 0.465 e. The molecule has 0 atom stereocenters. The van der Waals surface area contributed by atoms with Gasteiger partial charge in [0.25, 0.3) is 5.91 Å². The van der Waals surface area contributed by atoms with Gasteiger partial charge in [0.1, 0.15) is 15.8 Å². The molecule has 1 aliphatic heterocycles. The van der Waals surface area contributed by atoms with Crippen LogP contribution in [0.3, 0.4) is 0 Å². The van der Waals surface area contributed by atoms with Crippen molar-refractivity contribution < 1.29 is 31.9 Å². The van der Waals surface area contributed by atoms with Crippen molar-refractivity contribution in [1.29, 1.82) is 0 Å². The standard InChI is InChI=1S/C24H16F3NO4S2/c1-31-22(30)15-8-6-14(7-9-15)19-11-10-17(32-19)12-20-21(29)28(23(33)34-20)13-16-4-2-3-5-18(16)24(25,26)27/h2-12H,13H2,1H3. The maximum atomic E-state index is 13.3. The number of carbonyl (C=O) groups is 2. The molecule has 3 aromatic rings. The van der Waals surface area contributed by atoms with E-state index in [-0.39, 0.29) is 21.3 Å². The van der Waals surface area contributed by atoms with E-state index in [1.54, 1.807) is 36.4 Å². The third-order valence-corrected chi connectivity index (χ3v) is 6.39. The van der Waals surface area contributed by atoms with Crippen LogP contribution >= 0.6 is 24.0 Å². The molecule has 1 amide bonds. The molecule has 0 spiro atoms. The minimum atomic E-state index is -4.54. The smallest absolute Gasteiger partial charge is 0.416 e. The Hall–Kier alpha value is -3.37. The Morgan fingerprint density at radius 2 is 1.82 bits per heavy atom. The van der Waals surface area contributed by atoms with Crippen LogP contribution < -0.4 is 0 Å². The lowest BCUT2D eigenvalue weighted by Gasteiger charge is -2.18. The second-order valence-corrected chi connectivity index (χ2v) is 8.87. The van der Waals surface area contributed by atoms with Crippen molar-refractivity contribution >= 4 is 46.3 Å². The molecule has 1 saturated heterocycles. The average Bonchev–Trinajstić information content (AvgIpc) is 3.38. The third-order valence-electron chi connectivity index (χ3n) is 5.02. The maximum Gasteiger partial charge on any atom is 0.416 e. The first-order chi connectivity index (χ1) is 16.2. The maximum absolute atomic E-state index is 13.3. The zero-order chi connectivity index (χ0) is 24.5. The Balaban J connectivity index is 1.53. The van der Waals surface area contributed by atoms with E-state index in [1.165, 1.54) is 31.4 Å². The molecule has 0 unspecified atom stereocenters. The Morgan fingerprint density at radius 3 is 2.50 bits per heavy atom. The molecule has 2 aromatic carbocycles. The molecule has 34 heavy (non-hydrogen) atoms. The molecule has 174 valence electrons. The number of furan rings is 1. The SMILES string of the molecule is COC(=O)c1ccc(-c2ccc(C=C3SC(=S)N(Cc4ccccc4C(F)(F)F)C3=O)o2)cc1. The summed E-state index contributed by atoms with van der Waals surface area (Å²) in [6.45, 7) is -0.284. The van der Waals surface area contributed by atoms with E-state index >= 15 is 0 Å². The molecule has 0 radical (unpaired) electrons. The number of esters is 1. The zero-order valence-electron chi connectivity index (χ0n) is 17.6. The fourth-order valence-electron chi connectivity index (χ4n) is 3.34. The van der Waals surface area contributed by atoms with Crippen LogP contribution in [0.5, 0.6) is 0 Å². The Kier molecular flexibility index (Phi) is 6.63. The molecule has 4 rings (SSSR count). The van der Waals surface area contributed by atoms with Crippen LogP contribution in [-0.4, -0.2) is 28.2 Å². The van der Waals surface area contributed by atoms with Crippen molar-refractivity contribution in [3.8, 4) is 11.3 Å². The summed E-state index contributed by atoms with van der Waals surface area (Å²) in [5.74, 6) is -0.0561. The summed E-state index contributed by atoms with van der Waals surface area (Å²) >= 11 is 6.25. The number of halogens is 3. The fraction of sp³-hybridized carbons (Fsp3) is 0.125. The van der Waals surface area contributed by atoms with E-state index < -0.39 is 23.6 Å². The molecule has 0 bridgehead atoms. The number of ether oxygens (including phenoxy) is 1. The lowest BCUT2D eigenvalue weighted by atomic mass is 10.1. The molecule has 5 nitrogen and oxygen atoms in total. The van der Waals surface area contributed by atoms with E-state index in [4.69, 9.17) is 16.6 Å². The summed E-state index contributed by atoms with van der Waals surface area (Å²) in [5, 5.41) is 0. The Bertz CT molecular complexity index is 1300. The first kappa shape index (κ1) is 23.8. The van der Waals surface area contributed by atoms with Gasteiger partial charge in [0.2, 0.25) is 0 Å². The molecule has 1 aromatic heterocycles. The van der Waals surface area contributed by atoms with Crippen molar-refractivity contribution in [2.45, 2.75) is 12.7 Å². The van der Waals surface area contributed by atoms with Crippen LogP contribution in [0.15, 0.2) is 70.0 Å². The summed E-state index contributed by atoms with van der Waals surface area (Å²) in [4.78, 5) is 25.8. The van der Waals surface area contributed by atoms with Crippen molar-refractivity contribution in [1.82, 2.24) is 4.90 Å². The van der Waals surface area contributed by atoms with Crippen LogP contribution in [0.2, 0.25) is 0 Å². The molecule has 0 saturated carbocycles. The minimum Gasteiger partial charge on any atom is -0.465 e. The van der Waals surface area contributed by atoms with E-state index in [1.807, 2.05) is 0 Å². The average molecular weight is 504 g/mol. The molecule has 0 N–H and O–H groups in total. The first-order valence-corrected chi connectivity index (χ1v) is 11.1. The summed E-state index contributed by atoms with van der Waals surface area (Å²) < 4.78 is 50.6. The predicted molar refractivity (Wildman–Crippen MR) is 126 cm³/mol. The number of benzene rings is 2. The van der Waals surface area contributed by atoms with Gasteiger partial charge in [-0.15, -0.1) is 0 Å². The monoisotopic (exact) mass is 503 g/mol. The number of carbonyl (C=O) groups excluding carboxylic acids is 2. The number of hydrogen-bond donors (Lipinski definition) is 0. The van der Waals surface area contributed by atoms with Gasteiger partial charge in [-0.1, -0.05) is 54.3 Å². The number of alkyl halides is 3. The number of nitrogens with zero attached hydrogens (tertiary/aromatic N) is 1. The highest BCUT2D eigenvalue weighted by Gasteiger charge is 2.37. The topological polar surface area (TPSA) is 59.8 Å². The Labute approximate surface area is 202 Å². The number of hydrogen-bond acceptors (Lipinski definition) is 6. The summed E-state index contributed by atoms with van der Waals surface area (Å²) in [5.41, 5.74) is 0.266. The van der Waals surface area contributed by atoms with Crippen LogP contribution in [0.1, 0.15) is 27.2 Å². The van der Waals surface area contributed by atoms with Gasteiger partial charge in [0, 0.05) is 11.6 Å². The molecule has 1 aliphatic rings. The van der Waals surface area contributed by atoms with Gasteiger partial charge in [-0.2, -0.15) is 13.2 Å². The summed E-state index contributed by atoms with van der Waals surface area (Å²) in [7, 11) is 1.30. The molecule has 0 aliphatic carbocycles. The van der Waals surface area contributed by atoms with E-state index in [0.717, 1.165) is 22.7 Å². The second-order valence-electron chi connectivity index (χ2n) is 7.19. The van der Waals surface area contributed by atoms with Gasteiger partial charge in [0.15, 0.2) is 0 Å². The van der Waals surface area contributed by atoms with Gasteiger partial charge >= 0.3 is 12.1 Å². The minimum absolute atomic E-state index is 0.0387. The van der Waals surface area contributed by atoms with Crippen LogP contribution in [0, 0.1) is 0 Å². The molecule has 1 fully saturated rings. The summed E-state index contributed by atoms with van der Waals surface area (Å²) in [6.07, 6.45) is -3.03. The molecule has 2 heterocycles. The number of amides is 1. The van der Waals surface area contributed by atoms with Gasteiger partial charge in [-0.05, 0) is 35.9 Å². The number of thioether (sulfide) groups is 1.